The molecule has 0 aromatic heterocycles. The van der Waals surface area contributed by atoms with Gasteiger partial charge in [-0.25, -0.2) is 5.43 Å². The van der Waals surface area contributed by atoms with E-state index in [0.717, 1.165) is 0 Å². The third kappa shape index (κ3) is 4.68. The lowest BCUT2D eigenvalue weighted by Crippen LogP contribution is -2.60. The van der Waals surface area contributed by atoms with E-state index in [0.29, 0.717) is 19.4 Å². The molecule has 0 bridgehead atoms. The summed E-state index contributed by atoms with van der Waals surface area (Å²) in [6.07, 6.45) is 1.07. The molecular formula is C13H24N4O4. The number of carbonyl (C=O) groups is 3. The van der Waals surface area contributed by atoms with E-state index in [-0.39, 0.29) is 11.8 Å². The van der Waals surface area contributed by atoms with Crippen LogP contribution in [0.2, 0.25) is 0 Å². The molecule has 0 radical (unpaired) electrons. The minimum Gasteiger partial charge on any atom is -0.480 e. The van der Waals surface area contributed by atoms with Crippen molar-refractivity contribution in [3.05, 3.63) is 0 Å². The third-order valence-corrected chi connectivity index (χ3v) is 3.50. The lowest BCUT2D eigenvalue weighted by atomic mass is 10.0. The second-order valence-corrected chi connectivity index (χ2v) is 5.65. The maximum Gasteiger partial charge on any atom is 0.322 e. The van der Waals surface area contributed by atoms with Crippen molar-refractivity contribution in [2.45, 2.75) is 51.7 Å². The van der Waals surface area contributed by atoms with Crippen molar-refractivity contribution < 1.29 is 19.5 Å². The Balaban J connectivity index is 2.57. The SMILES string of the molecule is CC(C)[C@H](N)C(=O)N[C@@H](C)C(=O)N1CCC[C@@H](C(=O)O)N1. The fourth-order valence-electron chi connectivity index (χ4n) is 2.03. The van der Waals surface area contributed by atoms with Gasteiger partial charge in [0.05, 0.1) is 6.04 Å². The van der Waals surface area contributed by atoms with Gasteiger partial charge in [0.15, 0.2) is 0 Å². The van der Waals surface area contributed by atoms with Crippen molar-refractivity contribution in [2.24, 2.45) is 11.7 Å². The molecule has 21 heavy (non-hydrogen) atoms. The molecule has 2 amide bonds. The Labute approximate surface area is 124 Å². The molecule has 1 aliphatic heterocycles. The molecule has 8 nitrogen and oxygen atoms in total. The lowest BCUT2D eigenvalue weighted by molar-refractivity contribution is -0.148. The smallest absolute Gasteiger partial charge is 0.322 e. The number of nitrogens with zero attached hydrogens (tertiary/aromatic N) is 1. The van der Waals surface area contributed by atoms with Gasteiger partial charge in [-0.15, -0.1) is 0 Å². The van der Waals surface area contributed by atoms with Gasteiger partial charge >= 0.3 is 5.97 Å². The molecule has 0 unspecified atom stereocenters. The van der Waals surface area contributed by atoms with Crippen LogP contribution in [0.15, 0.2) is 0 Å². The van der Waals surface area contributed by atoms with Gasteiger partial charge in [0.1, 0.15) is 12.1 Å². The molecule has 1 heterocycles. The number of amides is 2. The Kier molecular flexibility index (Phi) is 6.10. The normalized spacial score (nSPS) is 21.8. The van der Waals surface area contributed by atoms with Gasteiger partial charge in [-0.2, -0.15) is 0 Å². The Morgan fingerprint density at radius 3 is 2.48 bits per heavy atom. The van der Waals surface area contributed by atoms with Gasteiger partial charge < -0.3 is 16.2 Å². The van der Waals surface area contributed by atoms with Crippen LogP contribution in [0.3, 0.4) is 0 Å². The number of hydrogen-bond acceptors (Lipinski definition) is 5. The van der Waals surface area contributed by atoms with Crippen LogP contribution in [-0.4, -0.2) is 52.6 Å². The number of carboxylic acid groups (broad SMARTS) is 1. The predicted octanol–water partition coefficient (Wildman–Crippen LogP) is -0.945. The standard InChI is InChI=1S/C13H24N4O4/c1-7(2)10(14)11(18)15-8(3)12(19)17-6-4-5-9(16-17)13(20)21/h7-10,16H,4-6,14H2,1-3H3,(H,15,18)(H,20,21)/t8-,9-,10-/m0/s1. The van der Waals surface area contributed by atoms with Crippen molar-refractivity contribution in [3.8, 4) is 0 Å². The van der Waals surface area contributed by atoms with Gasteiger partial charge in [0.2, 0.25) is 5.91 Å². The summed E-state index contributed by atoms with van der Waals surface area (Å²) in [6, 6.07) is -2.22. The number of nitrogens with two attached hydrogens (primary N) is 1. The first-order valence-corrected chi connectivity index (χ1v) is 7.10. The van der Waals surface area contributed by atoms with Crippen LogP contribution in [-0.2, 0) is 14.4 Å². The molecular weight excluding hydrogens is 276 g/mol. The molecule has 3 atom stereocenters. The average molecular weight is 300 g/mol. The second-order valence-electron chi connectivity index (χ2n) is 5.65. The van der Waals surface area contributed by atoms with Crippen LogP contribution in [0.5, 0.6) is 0 Å². The molecule has 0 aromatic rings. The molecule has 1 fully saturated rings. The number of hydrogen-bond donors (Lipinski definition) is 4. The largest absolute Gasteiger partial charge is 0.480 e. The second kappa shape index (κ2) is 7.37. The third-order valence-electron chi connectivity index (χ3n) is 3.50. The highest BCUT2D eigenvalue weighted by Gasteiger charge is 2.31. The molecule has 120 valence electrons. The maximum absolute atomic E-state index is 12.2. The number of aliphatic carboxylic acids is 1. The Morgan fingerprint density at radius 1 is 1.33 bits per heavy atom. The van der Waals surface area contributed by atoms with Gasteiger partial charge in [0, 0.05) is 6.54 Å². The molecule has 1 aliphatic rings. The molecule has 0 saturated carbocycles. The maximum atomic E-state index is 12.2. The van der Waals surface area contributed by atoms with E-state index < -0.39 is 30.0 Å². The highest BCUT2D eigenvalue weighted by atomic mass is 16.4. The van der Waals surface area contributed by atoms with E-state index in [1.807, 2.05) is 13.8 Å². The summed E-state index contributed by atoms with van der Waals surface area (Å²) in [6.45, 7) is 5.61. The zero-order valence-electron chi connectivity index (χ0n) is 12.6. The van der Waals surface area contributed by atoms with E-state index in [9.17, 15) is 14.4 Å². The number of hydrazine groups is 1. The summed E-state index contributed by atoms with van der Waals surface area (Å²) in [5.41, 5.74) is 8.38. The molecule has 1 rings (SSSR count). The van der Waals surface area contributed by atoms with Crippen molar-refractivity contribution >= 4 is 17.8 Å². The minimum absolute atomic E-state index is 0.0307. The minimum atomic E-state index is -0.994. The fourth-order valence-corrected chi connectivity index (χ4v) is 2.03. The van der Waals surface area contributed by atoms with Crippen molar-refractivity contribution in [2.75, 3.05) is 6.54 Å². The summed E-state index contributed by atoms with van der Waals surface area (Å²) < 4.78 is 0. The summed E-state index contributed by atoms with van der Waals surface area (Å²) in [7, 11) is 0. The van der Waals surface area contributed by atoms with Gasteiger partial charge in [-0.1, -0.05) is 13.8 Å². The Hall–Kier alpha value is -1.67. The van der Waals surface area contributed by atoms with Crippen molar-refractivity contribution in [1.29, 1.82) is 0 Å². The first-order chi connectivity index (χ1) is 9.73. The average Bonchev–Trinajstić information content (AvgIpc) is 2.45. The topological polar surface area (TPSA) is 125 Å². The van der Waals surface area contributed by atoms with Crippen molar-refractivity contribution in [1.82, 2.24) is 15.8 Å². The van der Waals surface area contributed by atoms with Crippen LogP contribution in [0.25, 0.3) is 0 Å². The highest BCUT2D eigenvalue weighted by molar-refractivity contribution is 5.89. The molecule has 0 aromatic carbocycles. The van der Waals surface area contributed by atoms with Gasteiger partial charge in [0.25, 0.3) is 5.91 Å². The first kappa shape index (κ1) is 17.4. The Morgan fingerprint density at radius 2 is 1.95 bits per heavy atom. The van der Waals surface area contributed by atoms with E-state index in [1.165, 1.54) is 5.01 Å². The Bertz CT molecular complexity index is 413. The molecule has 8 heteroatoms. The van der Waals surface area contributed by atoms with E-state index in [2.05, 4.69) is 10.7 Å². The van der Waals surface area contributed by atoms with E-state index >= 15 is 0 Å². The van der Waals surface area contributed by atoms with Crippen LogP contribution >= 0.6 is 0 Å². The van der Waals surface area contributed by atoms with Gasteiger partial charge in [-0.05, 0) is 25.7 Å². The molecule has 5 N–H and O–H groups in total. The van der Waals surface area contributed by atoms with Crippen LogP contribution in [0.1, 0.15) is 33.6 Å². The van der Waals surface area contributed by atoms with Crippen molar-refractivity contribution in [3.63, 3.8) is 0 Å². The summed E-state index contributed by atoms with van der Waals surface area (Å²) in [4.78, 5) is 35.0. The summed E-state index contributed by atoms with van der Waals surface area (Å²) in [5.74, 6) is -1.79. The first-order valence-electron chi connectivity index (χ1n) is 7.10. The molecule has 0 spiro atoms. The highest BCUT2D eigenvalue weighted by Crippen LogP contribution is 2.09. The number of carbonyl (C=O) groups excluding carboxylic acids is 2. The van der Waals surface area contributed by atoms with Crippen LogP contribution in [0.4, 0.5) is 0 Å². The monoisotopic (exact) mass is 300 g/mol. The fraction of sp³-hybridized carbons (Fsp3) is 0.769. The zero-order valence-corrected chi connectivity index (χ0v) is 12.6. The van der Waals surface area contributed by atoms with E-state index in [4.69, 9.17) is 10.8 Å². The van der Waals surface area contributed by atoms with Gasteiger partial charge in [-0.3, -0.25) is 19.4 Å². The quantitative estimate of drug-likeness (QED) is 0.519. The summed E-state index contributed by atoms with van der Waals surface area (Å²) >= 11 is 0. The number of carboxylic acids is 1. The molecule has 0 aliphatic carbocycles. The van der Waals surface area contributed by atoms with E-state index in [1.54, 1.807) is 6.92 Å². The van der Waals surface area contributed by atoms with Crippen LogP contribution < -0.4 is 16.5 Å². The molecule has 1 saturated heterocycles. The predicted molar refractivity (Wildman–Crippen MR) is 75.9 cm³/mol. The number of rotatable bonds is 5. The lowest BCUT2D eigenvalue weighted by Gasteiger charge is -2.33. The zero-order chi connectivity index (χ0) is 16.2. The van der Waals surface area contributed by atoms with Crippen LogP contribution in [0, 0.1) is 5.92 Å². The summed E-state index contributed by atoms with van der Waals surface area (Å²) in [5, 5.41) is 12.8. The number of nitrogens with one attached hydrogen (secondary N) is 2.